The fraction of sp³-hybridized carbons (Fsp3) is 0.261. The molecule has 0 radical (unpaired) electrons. The molecular formula is C23H21ClN2O5S. The predicted octanol–water partition coefficient (Wildman–Crippen LogP) is 3.80. The van der Waals surface area contributed by atoms with Crippen LogP contribution in [-0.2, 0) is 19.4 Å². The monoisotopic (exact) mass is 472 g/mol. The number of Topliss-reactive ketones (excluding diaryl/α,β-unsaturated/α-hetero) is 1. The van der Waals surface area contributed by atoms with Crippen molar-refractivity contribution in [2.45, 2.75) is 19.4 Å². The number of aryl methyl sites for hydroxylation is 1. The Hall–Kier alpha value is -2.97. The van der Waals surface area contributed by atoms with E-state index in [-0.39, 0.29) is 35.1 Å². The number of carbonyl (C=O) groups is 2. The third-order valence-corrected chi connectivity index (χ3v) is 7.56. The number of hydrogen-bond acceptors (Lipinski definition) is 6. The van der Waals surface area contributed by atoms with Crippen molar-refractivity contribution in [2.24, 2.45) is 0 Å². The van der Waals surface area contributed by atoms with E-state index in [0.717, 1.165) is 10.8 Å². The number of nitrogens with zero attached hydrogens (tertiary/aromatic N) is 2. The number of benzene rings is 2. The number of fused-ring (bicyclic) bond motifs is 1. The van der Waals surface area contributed by atoms with Crippen molar-refractivity contribution in [1.29, 1.82) is 0 Å². The number of halogens is 1. The van der Waals surface area contributed by atoms with Crippen LogP contribution in [0.15, 0.2) is 48.5 Å². The molecule has 0 N–H and O–H groups in total. The van der Waals surface area contributed by atoms with Gasteiger partial charge in [0.2, 0.25) is 0 Å². The number of carbonyl (C=O) groups excluding carboxylic acids is 2. The number of aromatic nitrogens is 2. The van der Waals surface area contributed by atoms with E-state index in [1.54, 1.807) is 19.1 Å². The fourth-order valence-corrected chi connectivity index (χ4v) is 5.78. The second-order valence-corrected chi connectivity index (χ2v) is 10.3. The van der Waals surface area contributed by atoms with Gasteiger partial charge in [-0.3, -0.25) is 4.79 Å². The zero-order valence-corrected chi connectivity index (χ0v) is 18.9. The zero-order valence-electron chi connectivity index (χ0n) is 17.3. The highest BCUT2D eigenvalue weighted by molar-refractivity contribution is 7.91. The first-order valence-corrected chi connectivity index (χ1v) is 12.3. The molecule has 7 nitrogen and oxygen atoms in total. The van der Waals surface area contributed by atoms with E-state index in [0.29, 0.717) is 23.2 Å². The smallest absolute Gasteiger partial charge is 0.331 e. The summed E-state index contributed by atoms with van der Waals surface area (Å²) in [6, 6.07) is 12.7. The van der Waals surface area contributed by atoms with Gasteiger partial charge in [0, 0.05) is 17.2 Å². The van der Waals surface area contributed by atoms with Crippen LogP contribution in [0, 0.1) is 6.92 Å². The van der Waals surface area contributed by atoms with Crippen molar-refractivity contribution in [3.63, 3.8) is 0 Å². The Morgan fingerprint density at radius 1 is 1.22 bits per heavy atom. The molecule has 2 heterocycles. The summed E-state index contributed by atoms with van der Waals surface area (Å²) in [6.45, 7) is 1.34. The Bertz CT molecular complexity index is 1340. The topological polar surface area (TPSA) is 95.3 Å². The second-order valence-electron chi connectivity index (χ2n) is 7.72. The summed E-state index contributed by atoms with van der Waals surface area (Å²) in [5, 5.41) is 6.55. The standard InChI is InChI=1S/C23H21ClN2O5S/c1-15-20(23(24)26(25-15)19-10-11-32(29,30)14-19)8-9-22(28)31-13-21(27)18-7-6-16-4-2-3-5-17(16)12-18/h2-9,12,19H,10-11,13-14H2,1H3/b9-8+. The van der Waals surface area contributed by atoms with Crippen LogP contribution < -0.4 is 0 Å². The van der Waals surface area contributed by atoms with Crippen molar-refractivity contribution in [1.82, 2.24) is 9.78 Å². The third-order valence-electron chi connectivity index (χ3n) is 5.43. The highest BCUT2D eigenvalue weighted by Crippen LogP contribution is 2.30. The highest BCUT2D eigenvalue weighted by atomic mass is 35.5. The summed E-state index contributed by atoms with van der Waals surface area (Å²) in [6.07, 6.45) is 3.10. The lowest BCUT2D eigenvalue weighted by molar-refractivity contribution is -0.136. The first-order valence-electron chi connectivity index (χ1n) is 10.1. The van der Waals surface area contributed by atoms with Crippen molar-refractivity contribution >= 4 is 50.0 Å². The highest BCUT2D eigenvalue weighted by Gasteiger charge is 2.31. The quantitative estimate of drug-likeness (QED) is 0.307. The minimum atomic E-state index is -3.08. The molecule has 1 saturated heterocycles. The molecule has 1 aliphatic heterocycles. The second kappa shape index (κ2) is 8.88. The largest absolute Gasteiger partial charge is 0.454 e. The van der Waals surface area contributed by atoms with Crippen LogP contribution in [0.3, 0.4) is 0 Å². The van der Waals surface area contributed by atoms with Gasteiger partial charge >= 0.3 is 5.97 Å². The van der Waals surface area contributed by atoms with E-state index in [1.165, 1.54) is 16.8 Å². The minimum Gasteiger partial charge on any atom is -0.454 e. The van der Waals surface area contributed by atoms with E-state index in [4.69, 9.17) is 16.3 Å². The molecule has 2 aromatic carbocycles. The number of esters is 1. The Morgan fingerprint density at radius 3 is 2.69 bits per heavy atom. The van der Waals surface area contributed by atoms with E-state index < -0.39 is 15.8 Å². The zero-order chi connectivity index (χ0) is 22.9. The molecule has 0 aliphatic carbocycles. The van der Waals surface area contributed by atoms with Crippen molar-refractivity contribution in [3.05, 3.63) is 70.5 Å². The fourth-order valence-electron chi connectivity index (χ4n) is 3.71. The average molecular weight is 473 g/mol. The van der Waals surface area contributed by atoms with E-state index >= 15 is 0 Å². The molecular weight excluding hydrogens is 452 g/mol. The molecule has 9 heteroatoms. The average Bonchev–Trinajstić information content (AvgIpc) is 3.27. The van der Waals surface area contributed by atoms with Crippen LogP contribution in [-0.4, -0.2) is 48.1 Å². The lowest BCUT2D eigenvalue weighted by atomic mass is 10.0. The number of sulfone groups is 1. The lowest BCUT2D eigenvalue weighted by Gasteiger charge is -2.09. The molecule has 0 saturated carbocycles. The van der Waals surface area contributed by atoms with Gasteiger partial charge in [-0.15, -0.1) is 0 Å². The van der Waals surface area contributed by atoms with Crippen LogP contribution in [0.2, 0.25) is 5.15 Å². The first-order chi connectivity index (χ1) is 15.2. The van der Waals surface area contributed by atoms with E-state index in [2.05, 4.69) is 5.10 Å². The molecule has 1 unspecified atom stereocenters. The Balaban J connectivity index is 1.39. The van der Waals surface area contributed by atoms with Gasteiger partial charge in [-0.1, -0.05) is 48.0 Å². The summed E-state index contributed by atoms with van der Waals surface area (Å²) in [5.74, 6) is -0.890. The molecule has 32 heavy (non-hydrogen) atoms. The summed E-state index contributed by atoms with van der Waals surface area (Å²) in [7, 11) is -3.08. The predicted molar refractivity (Wildman–Crippen MR) is 123 cm³/mol. The number of rotatable bonds is 6. The Morgan fingerprint density at radius 2 is 1.97 bits per heavy atom. The van der Waals surface area contributed by atoms with Gasteiger partial charge in [0.15, 0.2) is 22.2 Å². The molecule has 1 atom stereocenters. The van der Waals surface area contributed by atoms with Crippen LogP contribution in [0.25, 0.3) is 16.8 Å². The molecule has 1 fully saturated rings. The summed E-state index contributed by atoms with van der Waals surface area (Å²) >= 11 is 6.39. The summed E-state index contributed by atoms with van der Waals surface area (Å²) in [4.78, 5) is 24.5. The number of ether oxygens (including phenoxy) is 1. The molecule has 4 rings (SSSR count). The normalized spacial score (nSPS) is 17.8. The van der Waals surface area contributed by atoms with Crippen LogP contribution >= 0.6 is 11.6 Å². The van der Waals surface area contributed by atoms with Gasteiger partial charge in [-0.2, -0.15) is 5.10 Å². The van der Waals surface area contributed by atoms with Crippen LogP contribution in [0.1, 0.15) is 34.1 Å². The first kappa shape index (κ1) is 22.2. The van der Waals surface area contributed by atoms with Crippen LogP contribution in [0.4, 0.5) is 0 Å². The third kappa shape index (κ3) is 4.76. The van der Waals surface area contributed by atoms with E-state index in [1.807, 2.05) is 30.3 Å². The van der Waals surface area contributed by atoms with Crippen molar-refractivity contribution in [3.8, 4) is 0 Å². The maximum absolute atomic E-state index is 12.4. The summed E-state index contributed by atoms with van der Waals surface area (Å²) < 4.78 is 30.1. The minimum absolute atomic E-state index is 0.00405. The van der Waals surface area contributed by atoms with Crippen molar-refractivity contribution in [2.75, 3.05) is 18.1 Å². The van der Waals surface area contributed by atoms with Gasteiger partial charge in [-0.25, -0.2) is 17.9 Å². The Kier molecular flexibility index (Phi) is 6.17. The van der Waals surface area contributed by atoms with Crippen LogP contribution in [0.5, 0.6) is 0 Å². The van der Waals surface area contributed by atoms with Gasteiger partial charge in [-0.05, 0) is 36.3 Å². The van der Waals surface area contributed by atoms with Gasteiger partial charge in [0.1, 0.15) is 5.15 Å². The molecule has 1 aromatic heterocycles. The van der Waals surface area contributed by atoms with Crippen molar-refractivity contribution < 1.29 is 22.7 Å². The van der Waals surface area contributed by atoms with E-state index in [9.17, 15) is 18.0 Å². The lowest BCUT2D eigenvalue weighted by Crippen LogP contribution is -2.12. The molecule has 3 aromatic rings. The van der Waals surface area contributed by atoms with Gasteiger partial charge in [0.05, 0.1) is 23.2 Å². The summed E-state index contributed by atoms with van der Waals surface area (Å²) in [5.41, 5.74) is 1.54. The molecule has 0 spiro atoms. The molecule has 0 bridgehead atoms. The Labute approximate surface area is 190 Å². The molecule has 166 valence electrons. The molecule has 0 amide bonds. The SMILES string of the molecule is Cc1nn(C2CCS(=O)(=O)C2)c(Cl)c1/C=C/C(=O)OCC(=O)c1ccc2ccccc2c1. The maximum Gasteiger partial charge on any atom is 0.331 e. The number of ketones is 1. The van der Waals surface area contributed by atoms with Gasteiger partial charge in [0.25, 0.3) is 0 Å². The maximum atomic E-state index is 12.4. The molecule has 1 aliphatic rings. The number of hydrogen-bond donors (Lipinski definition) is 0. The van der Waals surface area contributed by atoms with Gasteiger partial charge < -0.3 is 4.74 Å².